The summed E-state index contributed by atoms with van der Waals surface area (Å²) in [4.78, 5) is 10.9. The van der Waals surface area contributed by atoms with Crippen LogP contribution < -0.4 is 5.32 Å². The van der Waals surface area contributed by atoms with Gasteiger partial charge in [-0.05, 0) is 36.3 Å². The van der Waals surface area contributed by atoms with Crippen LogP contribution in [-0.2, 0) is 4.79 Å². The van der Waals surface area contributed by atoms with Gasteiger partial charge in [-0.3, -0.25) is 0 Å². The Hall–Kier alpha value is -1.69. The highest BCUT2D eigenvalue weighted by Gasteiger charge is 2.46. The summed E-state index contributed by atoms with van der Waals surface area (Å²) in [5.41, 5.74) is 0.360. The van der Waals surface area contributed by atoms with E-state index in [0.717, 1.165) is 6.08 Å². The Kier molecular flexibility index (Phi) is 3.22. The average molecular weight is 292 g/mol. The van der Waals surface area contributed by atoms with Gasteiger partial charge in [-0.15, -0.1) is 0 Å². The molecule has 1 unspecified atom stereocenters. The van der Waals surface area contributed by atoms with Gasteiger partial charge in [0.05, 0.1) is 5.57 Å². The fourth-order valence-corrected chi connectivity index (χ4v) is 2.28. The van der Waals surface area contributed by atoms with Crippen LogP contribution in [0.15, 0.2) is 17.7 Å². The highest BCUT2D eigenvalue weighted by atomic mass is 35.5. The minimum absolute atomic E-state index is 0.247. The number of hydrogen-bond donors (Lipinski definition) is 2. The molecule has 2 N–H and O–H groups in total. The zero-order chi connectivity index (χ0) is 14.4. The van der Waals surface area contributed by atoms with Crippen molar-refractivity contribution >= 4 is 29.3 Å². The van der Waals surface area contributed by atoms with Crippen molar-refractivity contribution in [2.24, 2.45) is 0 Å². The number of hydrogen-bond acceptors (Lipinski definition) is 2. The van der Waals surface area contributed by atoms with Gasteiger partial charge in [0.1, 0.15) is 0 Å². The van der Waals surface area contributed by atoms with Crippen LogP contribution in [-0.4, -0.2) is 23.3 Å². The Morgan fingerprint density at radius 1 is 1.42 bits per heavy atom. The second kappa shape index (κ2) is 4.45. The molecule has 1 heterocycles. The van der Waals surface area contributed by atoms with E-state index in [0.29, 0.717) is 16.1 Å². The number of aryl methyl sites for hydroxylation is 1. The van der Waals surface area contributed by atoms with Crippen LogP contribution in [0.25, 0.3) is 6.08 Å². The zero-order valence-electron chi connectivity index (χ0n) is 9.68. The quantitative estimate of drug-likeness (QED) is 0.833. The molecule has 0 aliphatic carbocycles. The van der Waals surface area contributed by atoms with E-state index >= 15 is 0 Å². The number of alkyl halides is 3. The molecule has 0 fully saturated rings. The maximum absolute atomic E-state index is 12.9. The molecular formula is C12H9ClF3NO2. The van der Waals surface area contributed by atoms with Gasteiger partial charge in [0.25, 0.3) is 0 Å². The predicted octanol–water partition coefficient (Wildman–Crippen LogP) is 3.47. The molecule has 19 heavy (non-hydrogen) atoms. The van der Waals surface area contributed by atoms with Gasteiger partial charge >= 0.3 is 12.1 Å². The number of carboxylic acid groups (broad SMARTS) is 1. The number of fused-ring (bicyclic) bond motifs is 1. The minimum atomic E-state index is -4.69. The lowest BCUT2D eigenvalue weighted by molar-refractivity contribution is -0.146. The van der Waals surface area contributed by atoms with Gasteiger partial charge < -0.3 is 10.4 Å². The van der Waals surface area contributed by atoms with E-state index in [4.69, 9.17) is 16.7 Å². The Bertz CT molecular complexity index is 581. The van der Waals surface area contributed by atoms with E-state index in [-0.39, 0.29) is 5.69 Å². The van der Waals surface area contributed by atoms with Crippen molar-refractivity contribution in [2.75, 3.05) is 5.32 Å². The highest BCUT2D eigenvalue weighted by Crippen LogP contribution is 2.38. The second-order valence-electron chi connectivity index (χ2n) is 4.21. The minimum Gasteiger partial charge on any atom is -0.478 e. The smallest absolute Gasteiger partial charge is 0.413 e. The van der Waals surface area contributed by atoms with Crippen LogP contribution in [0.3, 0.4) is 0 Å². The van der Waals surface area contributed by atoms with Gasteiger partial charge in [-0.1, -0.05) is 11.6 Å². The number of rotatable bonds is 1. The monoisotopic (exact) mass is 291 g/mol. The summed E-state index contributed by atoms with van der Waals surface area (Å²) in [7, 11) is 0. The largest absolute Gasteiger partial charge is 0.478 e. The number of halogens is 4. The summed E-state index contributed by atoms with van der Waals surface area (Å²) in [6.07, 6.45) is -3.68. The molecule has 7 heteroatoms. The van der Waals surface area contributed by atoms with E-state index in [1.165, 1.54) is 12.1 Å². The van der Waals surface area contributed by atoms with Gasteiger partial charge in [0.2, 0.25) is 0 Å². The Morgan fingerprint density at radius 3 is 2.58 bits per heavy atom. The van der Waals surface area contributed by atoms with Crippen molar-refractivity contribution in [1.29, 1.82) is 0 Å². The first-order valence-electron chi connectivity index (χ1n) is 5.28. The predicted molar refractivity (Wildman–Crippen MR) is 65.3 cm³/mol. The van der Waals surface area contributed by atoms with Crippen molar-refractivity contribution in [2.45, 2.75) is 19.1 Å². The first kappa shape index (κ1) is 13.7. The highest BCUT2D eigenvalue weighted by molar-refractivity contribution is 6.31. The van der Waals surface area contributed by atoms with Crippen molar-refractivity contribution in [3.8, 4) is 0 Å². The normalized spacial score (nSPS) is 18.4. The summed E-state index contributed by atoms with van der Waals surface area (Å²) in [6.45, 7) is 1.60. The summed E-state index contributed by atoms with van der Waals surface area (Å²) >= 11 is 5.81. The molecule has 0 radical (unpaired) electrons. The molecule has 0 saturated carbocycles. The number of carboxylic acids is 1. The SMILES string of the molecule is Cc1cc(Cl)cc2c1NC(C(F)(F)F)C(C(=O)O)=C2. The molecule has 0 spiro atoms. The lowest BCUT2D eigenvalue weighted by Crippen LogP contribution is -2.42. The molecule has 1 aliphatic rings. The molecule has 1 aliphatic heterocycles. The summed E-state index contributed by atoms with van der Waals surface area (Å²) in [6, 6.07) is 0.713. The van der Waals surface area contributed by atoms with Gasteiger partial charge in [-0.25, -0.2) is 4.79 Å². The maximum Gasteiger partial charge on any atom is 0.413 e. The molecule has 1 aromatic rings. The third-order valence-corrected chi connectivity index (χ3v) is 3.03. The maximum atomic E-state index is 12.9. The van der Waals surface area contributed by atoms with Crippen LogP contribution in [0.1, 0.15) is 11.1 Å². The van der Waals surface area contributed by atoms with E-state index < -0.39 is 23.8 Å². The van der Waals surface area contributed by atoms with Crippen molar-refractivity contribution in [3.63, 3.8) is 0 Å². The summed E-state index contributed by atoms with van der Waals surface area (Å²) < 4.78 is 38.6. The Labute approximate surface area is 111 Å². The van der Waals surface area contributed by atoms with Gasteiger partial charge in [-0.2, -0.15) is 13.2 Å². The number of anilines is 1. The Morgan fingerprint density at radius 2 is 2.05 bits per heavy atom. The third kappa shape index (κ3) is 2.53. The number of carbonyl (C=O) groups is 1. The lowest BCUT2D eigenvalue weighted by atomic mass is 9.95. The molecule has 3 nitrogen and oxygen atoms in total. The third-order valence-electron chi connectivity index (χ3n) is 2.82. The molecular weight excluding hydrogens is 283 g/mol. The second-order valence-corrected chi connectivity index (χ2v) is 4.65. The van der Waals surface area contributed by atoms with E-state index in [1.807, 2.05) is 0 Å². The fraction of sp³-hybridized carbons (Fsp3) is 0.250. The van der Waals surface area contributed by atoms with Crippen LogP contribution in [0.2, 0.25) is 5.02 Å². The van der Waals surface area contributed by atoms with Crippen LogP contribution in [0.5, 0.6) is 0 Å². The topological polar surface area (TPSA) is 49.3 Å². The zero-order valence-corrected chi connectivity index (χ0v) is 10.4. The number of nitrogens with one attached hydrogen (secondary N) is 1. The van der Waals surface area contributed by atoms with E-state index in [9.17, 15) is 18.0 Å². The Balaban J connectivity index is 2.61. The standard InChI is InChI=1S/C12H9ClF3NO2/c1-5-2-7(13)3-6-4-8(11(18)19)10(12(14,15)16)17-9(5)6/h2-4,10,17H,1H3,(H,18,19). The van der Waals surface area contributed by atoms with Crippen molar-refractivity contribution in [1.82, 2.24) is 0 Å². The van der Waals surface area contributed by atoms with E-state index in [2.05, 4.69) is 5.32 Å². The van der Waals surface area contributed by atoms with Crippen LogP contribution in [0, 0.1) is 6.92 Å². The van der Waals surface area contributed by atoms with Crippen LogP contribution >= 0.6 is 11.6 Å². The molecule has 1 atom stereocenters. The summed E-state index contributed by atoms with van der Waals surface area (Å²) in [5.74, 6) is -1.61. The molecule has 0 amide bonds. The molecule has 102 valence electrons. The number of aliphatic carboxylic acids is 1. The van der Waals surface area contributed by atoms with Gasteiger partial charge in [0.15, 0.2) is 6.04 Å². The lowest BCUT2D eigenvalue weighted by Gasteiger charge is -2.29. The molecule has 1 aromatic carbocycles. The fourth-order valence-electron chi connectivity index (χ4n) is 2.00. The first-order chi connectivity index (χ1) is 8.70. The van der Waals surface area contributed by atoms with Gasteiger partial charge in [0, 0.05) is 10.7 Å². The van der Waals surface area contributed by atoms with Crippen molar-refractivity contribution < 1.29 is 23.1 Å². The first-order valence-corrected chi connectivity index (χ1v) is 5.66. The molecule has 0 aromatic heterocycles. The average Bonchev–Trinajstić information content (AvgIpc) is 2.25. The molecule has 0 bridgehead atoms. The van der Waals surface area contributed by atoms with E-state index in [1.54, 1.807) is 6.92 Å². The molecule has 2 rings (SSSR count). The summed E-state index contributed by atoms with van der Waals surface area (Å²) in [5, 5.41) is 11.5. The molecule has 0 saturated heterocycles. The number of benzene rings is 1. The van der Waals surface area contributed by atoms with Crippen LogP contribution in [0.4, 0.5) is 18.9 Å². The van der Waals surface area contributed by atoms with Crippen molar-refractivity contribution in [3.05, 3.63) is 33.9 Å².